The third kappa shape index (κ3) is 1.47. The summed E-state index contributed by atoms with van der Waals surface area (Å²) in [6.45, 7) is 6.27. The Morgan fingerprint density at radius 2 is 2.09 bits per heavy atom. The van der Waals surface area contributed by atoms with Gasteiger partial charge in [0.15, 0.2) is 0 Å². The molecule has 0 heterocycles. The van der Waals surface area contributed by atoms with Gasteiger partial charge >= 0.3 is 0 Å². The second-order valence-corrected chi connectivity index (χ2v) is 3.27. The molecule has 0 aromatic heterocycles. The third-order valence-corrected chi connectivity index (χ3v) is 2.53. The maximum Gasteiger partial charge on any atom is 0.0988 e. The van der Waals surface area contributed by atoms with E-state index in [1.54, 1.807) is 0 Å². The monoisotopic (exact) mass is 152 g/mol. The molecule has 1 aliphatic carbocycles. The number of hydrogen-bond donors (Lipinski definition) is 1. The fourth-order valence-corrected chi connectivity index (χ4v) is 1.36. The predicted molar refractivity (Wildman–Crippen MR) is 47.4 cm³/mol. The van der Waals surface area contributed by atoms with Gasteiger partial charge in [-0.15, -0.1) is 0 Å². The van der Waals surface area contributed by atoms with Crippen molar-refractivity contribution < 1.29 is 5.11 Å². The Bertz CT molecular complexity index is 201. The molecule has 1 N–H and O–H groups in total. The molecule has 0 spiro atoms. The molecule has 2 unspecified atom stereocenters. The minimum absolute atomic E-state index is 0.301. The summed E-state index contributed by atoms with van der Waals surface area (Å²) < 4.78 is 0. The molecule has 2 atom stereocenters. The van der Waals surface area contributed by atoms with Crippen LogP contribution in [-0.2, 0) is 0 Å². The minimum Gasteiger partial charge on any atom is -0.512 e. The lowest BCUT2D eigenvalue weighted by Crippen LogP contribution is -2.13. The van der Waals surface area contributed by atoms with Crippen molar-refractivity contribution in [3.05, 3.63) is 23.5 Å². The summed E-state index contributed by atoms with van der Waals surface area (Å²) in [5.74, 6) is 1.36. The lowest BCUT2D eigenvalue weighted by atomic mass is 9.86. The number of allylic oxidation sites excluding steroid dienone is 4. The second-order valence-electron chi connectivity index (χ2n) is 3.27. The van der Waals surface area contributed by atoms with Gasteiger partial charge in [-0.05, 0) is 17.9 Å². The molecular formula is C10H16O. The quantitative estimate of drug-likeness (QED) is 0.612. The molecule has 0 bridgehead atoms. The molecule has 1 nitrogen and oxygen atoms in total. The smallest absolute Gasteiger partial charge is 0.0988 e. The Kier molecular flexibility index (Phi) is 2.38. The highest BCUT2D eigenvalue weighted by molar-refractivity contribution is 5.28. The summed E-state index contributed by atoms with van der Waals surface area (Å²) >= 11 is 0. The van der Waals surface area contributed by atoms with Gasteiger partial charge in [0.2, 0.25) is 0 Å². The van der Waals surface area contributed by atoms with Gasteiger partial charge in [-0.25, -0.2) is 0 Å². The molecule has 0 fully saturated rings. The van der Waals surface area contributed by atoms with Crippen LogP contribution in [0.3, 0.4) is 0 Å². The van der Waals surface area contributed by atoms with Crippen LogP contribution in [0, 0.1) is 11.8 Å². The highest BCUT2D eigenvalue weighted by atomic mass is 16.3. The molecule has 0 saturated carbocycles. The Morgan fingerprint density at radius 3 is 2.64 bits per heavy atom. The first-order chi connectivity index (χ1) is 5.16. The number of aliphatic hydroxyl groups excluding tert-OH is 1. The van der Waals surface area contributed by atoms with Gasteiger partial charge in [0.25, 0.3) is 0 Å². The van der Waals surface area contributed by atoms with E-state index < -0.39 is 0 Å². The maximum atomic E-state index is 9.64. The Morgan fingerprint density at radius 1 is 1.45 bits per heavy atom. The molecule has 0 saturated heterocycles. The summed E-state index contributed by atoms with van der Waals surface area (Å²) in [4.78, 5) is 0. The van der Waals surface area contributed by atoms with Crippen molar-refractivity contribution in [2.75, 3.05) is 0 Å². The fraction of sp³-hybridized carbons (Fsp3) is 0.600. The first-order valence-corrected chi connectivity index (χ1v) is 4.27. The van der Waals surface area contributed by atoms with Crippen LogP contribution in [0.2, 0.25) is 0 Å². The van der Waals surface area contributed by atoms with Crippen LogP contribution in [0.5, 0.6) is 0 Å². The van der Waals surface area contributed by atoms with Gasteiger partial charge in [-0.1, -0.05) is 32.9 Å². The molecule has 11 heavy (non-hydrogen) atoms. The van der Waals surface area contributed by atoms with Crippen LogP contribution in [-0.4, -0.2) is 5.11 Å². The average molecular weight is 152 g/mol. The van der Waals surface area contributed by atoms with Crippen molar-refractivity contribution in [2.24, 2.45) is 11.8 Å². The van der Waals surface area contributed by atoms with Crippen LogP contribution in [0.25, 0.3) is 0 Å². The molecule has 1 aliphatic rings. The van der Waals surface area contributed by atoms with Gasteiger partial charge in [-0.3, -0.25) is 0 Å². The Balaban J connectivity index is 2.87. The van der Waals surface area contributed by atoms with E-state index in [2.05, 4.69) is 26.8 Å². The first-order valence-electron chi connectivity index (χ1n) is 4.27. The molecule has 0 amide bonds. The molecule has 0 radical (unpaired) electrons. The molecule has 1 heteroatoms. The van der Waals surface area contributed by atoms with Crippen molar-refractivity contribution in [1.82, 2.24) is 0 Å². The van der Waals surface area contributed by atoms with E-state index in [-0.39, 0.29) is 0 Å². The summed E-state index contributed by atoms with van der Waals surface area (Å²) in [7, 11) is 0. The van der Waals surface area contributed by atoms with E-state index in [9.17, 15) is 5.11 Å². The van der Waals surface area contributed by atoms with E-state index >= 15 is 0 Å². The van der Waals surface area contributed by atoms with Gasteiger partial charge in [0.1, 0.15) is 0 Å². The van der Waals surface area contributed by atoms with Crippen LogP contribution in [0.1, 0.15) is 27.2 Å². The number of rotatable bonds is 1. The topological polar surface area (TPSA) is 20.2 Å². The molecule has 62 valence electrons. The highest BCUT2D eigenvalue weighted by Crippen LogP contribution is 2.28. The number of hydrogen-bond acceptors (Lipinski definition) is 1. The lowest BCUT2D eigenvalue weighted by molar-refractivity contribution is 0.299. The van der Waals surface area contributed by atoms with Gasteiger partial charge in [0.05, 0.1) is 5.76 Å². The SMILES string of the molecule is CCC1=C(O)C(C)C(C)C=C1. The molecule has 0 aromatic rings. The molecule has 0 aromatic carbocycles. The van der Waals surface area contributed by atoms with Gasteiger partial charge in [-0.2, -0.15) is 0 Å². The zero-order valence-corrected chi connectivity index (χ0v) is 7.46. The van der Waals surface area contributed by atoms with E-state index in [1.807, 2.05) is 6.08 Å². The maximum absolute atomic E-state index is 9.64. The average Bonchev–Trinajstić information content (AvgIpc) is 2.01. The van der Waals surface area contributed by atoms with Crippen LogP contribution < -0.4 is 0 Å². The second kappa shape index (κ2) is 3.12. The fourth-order valence-electron chi connectivity index (χ4n) is 1.36. The molecule has 0 aliphatic heterocycles. The lowest BCUT2D eigenvalue weighted by Gasteiger charge is -2.22. The summed E-state index contributed by atoms with van der Waals surface area (Å²) in [6, 6.07) is 0. The van der Waals surface area contributed by atoms with Crippen molar-refractivity contribution in [3.8, 4) is 0 Å². The van der Waals surface area contributed by atoms with Gasteiger partial charge in [0, 0.05) is 5.92 Å². The summed E-state index contributed by atoms with van der Waals surface area (Å²) in [5.41, 5.74) is 1.09. The predicted octanol–water partition coefficient (Wildman–Crippen LogP) is 3.05. The molecular weight excluding hydrogens is 136 g/mol. The van der Waals surface area contributed by atoms with Crippen molar-refractivity contribution in [3.63, 3.8) is 0 Å². The van der Waals surface area contributed by atoms with E-state index in [1.165, 1.54) is 0 Å². The minimum atomic E-state index is 0.301. The highest BCUT2D eigenvalue weighted by Gasteiger charge is 2.19. The van der Waals surface area contributed by atoms with Crippen molar-refractivity contribution in [2.45, 2.75) is 27.2 Å². The Hall–Kier alpha value is -0.720. The van der Waals surface area contributed by atoms with Crippen molar-refractivity contribution in [1.29, 1.82) is 0 Å². The standard InChI is InChI=1S/C10H16O/c1-4-9-6-5-7(2)8(3)10(9)11/h5-8,11H,4H2,1-3H3. The van der Waals surface area contributed by atoms with Gasteiger partial charge < -0.3 is 5.11 Å². The Labute approximate surface area is 68.4 Å². The van der Waals surface area contributed by atoms with Crippen LogP contribution in [0.4, 0.5) is 0 Å². The van der Waals surface area contributed by atoms with E-state index in [0.717, 1.165) is 12.0 Å². The number of aliphatic hydroxyl groups is 1. The summed E-state index contributed by atoms with van der Waals surface area (Å²) in [6.07, 6.45) is 5.14. The normalized spacial score (nSPS) is 31.2. The van der Waals surface area contributed by atoms with Crippen LogP contribution >= 0.6 is 0 Å². The van der Waals surface area contributed by atoms with E-state index in [4.69, 9.17) is 0 Å². The largest absolute Gasteiger partial charge is 0.512 e. The summed E-state index contributed by atoms with van der Waals surface area (Å²) in [5, 5.41) is 9.64. The zero-order chi connectivity index (χ0) is 8.43. The van der Waals surface area contributed by atoms with E-state index in [0.29, 0.717) is 17.6 Å². The zero-order valence-electron chi connectivity index (χ0n) is 7.46. The molecule has 1 rings (SSSR count). The van der Waals surface area contributed by atoms with Crippen molar-refractivity contribution >= 4 is 0 Å². The van der Waals surface area contributed by atoms with Crippen LogP contribution in [0.15, 0.2) is 23.5 Å². The first kappa shape index (κ1) is 8.38. The third-order valence-electron chi connectivity index (χ3n) is 2.53.